The first kappa shape index (κ1) is 11.0. The topological polar surface area (TPSA) is 41.1 Å². The predicted molar refractivity (Wildman–Crippen MR) is 60.3 cm³/mol. The van der Waals surface area contributed by atoms with Crippen LogP contribution in [-0.2, 0) is 6.42 Å². The molecular formula is C10H13BrN2O. The average Bonchev–Trinajstić information content (AvgIpc) is 2.17. The third-order valence-corrected chi connectivity index (χ3v) is 2.31. The number of nitrogens with one attached hydrogen (secondary N) is 2. The fourth-order valence-electron chi connectivity index (χ4n) is 1.10. The molecule has 1 aromatic rings. The molecule has 0 aliphatic rings. The second-order valence-corrected chi connectivity index (χ2v) is 3.80. The van der Waals surface area contributed by atoms with Crippen LogP contribution in [0.3, 0.4) is 0 Å². The van der Waals surface area contributed by atoms with E-state index in [1.54, 1.807) is 7.05 Å². The highest BCUT2D eigenvalue weighted by molar-refractivity contribution is 9.10. The van der Waals surface area contributed by atoms with Gasteiger partial charge in [0.2, 0.25) is 0 Å². The highest BCUT2D eigenvalue weighted by Crippen LogP contribution is 2.11. The molecule has 2 N–H and O–H groups in total. The van der Waals surface area contributed by atoms with Gasteiger partial charge in [-0.15, -0.1) is 0 Å². The number of rotatable bonds is 3. The van der Waals surface area contributed by atoms with Crippen LogP contribution in [0, 0.1) is 0 Å². The smallest absolute Gasteiger partial charge is 0.314 e. The summed E-state index contributed by atoms with van der Waals surface area (Å²) in [5, 5.41) is 5.24. The summed E-state index contributed by atoms with van der Waals surface area (Å²) in [6.07, 6.45) is 0.840. The van der Waals surface area contributed by atoms with Gasteiger partial charge >= 0.3 is 6.03 Å². The Morgan fingerprint density at radius 2 is 2.29 bits per heavy atom. The minimum absolute atomic E-state index is 0.139. The van der Waals surface area contributed by atoms with E-state index in [0.717, 1.165) is 10.9 Å². The van der Waals surface area contributed by atoms with E-state index in [2.05, 4.69) is 26.6 Å². The molecule has 0 heterocycles. The minimum Gasteiger partial charge on any atom is -0.341 e. The predicted octanol–water partition coefficient (Wildman–Crippen LogP) is 1.92. The van der Waals surface area contributed by atoms with E-state index in [0.29, 0.717) is 6.54 Å². The highest BCUT2D eigenvalue weighted by atomic mass is 79.9. The fourth-order valence-corrected chi connectivity index (χ4v) is 1.55. The van der Waals surface area contributed by atoms with Crippen molar-refractivity contribution < 1.29 is 4.79 Å². The molecule has 0 unspecified atom stereocenters. The summed E-state index contributed by atoms with van der Waals surface area (Å²) in [7, 11) is 1.61. The number of amides is 2. The molecule has 0 saturated carbocycles. The molecule has 4 heteroatoms. The van der Waals surface area contributed by atoms with Crippen LogP contribution in [0.5, 0.6) is 0 Å². The van der Waals surface area contributed by atoms with Crippen LogP contribution in [0.15, 0.2) is 28.7 Å². The molecule has 0 bridgehead atoms. The lowest BCUT2D eigenvalue weighted by Crippen LogP contribution is -2.33. The number of benzene rings is 1. The van der Waals surface area contributed by atoms with Gasteiger partial charge in [-0.2, -0.15) is 0 Å². The van der Waals surface area contributed by atoms with Crippen molar-refractivity contribution in [2.24, 2.45) is 0 Å². The fraction of sp³-hybridized carbons (Fsp3) is 0.300. The number of carbonyl (C=O) groups excluding carboxylic acids is 1. The van der Waals surface area contributed by atoms with Crippen LogP contribution in [0.2, 0.25) is 0 Å². The van der Waals surface area contributed by atoms with Crippen molar-refractivity contribution in [1.29, 1.82) is 0 Å². The average molecular weight is 257 g/mol. The van der Waals surface area contributed by atoms with Crippen molar-refractivity contribution in [3.63, 3.8) is 0 Å². The summed E-state index contributed by atoms with van der Waals surface area (Å²) in [6, 6.07) is 7.91. The number of hydrogen-bond donors (Lipinski definition) is 2. The van der Waals surface area contributed by atoms with Crippen molar-refractivity contribution in [2.45, 2.75) is 6.42 Å². The quantitative estimate of drug-likeness (QED) is 0.853. The zero-order valence-electron chi connectivity index (χ0n) is 8.01. The second kappa shape index (κ2) is 5.65. The van der Waals surface area contributed by atoms with Gasteiger partial charge in [0, 0.05) is 18.1 Å². The van der Waals surface area contributed by atoms with Gasteiger partial charge < -0.3 is 10.6 Å². The van der Waals surface area contributed by atoms with Gasteiger partial charge in [-0.05, 0) is 24.1 Å². The summed E-state index contributed by atoms with van der Waals surface area (Å²) in [6.45, 7) is 0.649. The first-order chi connectivity index (χ1) is 6.72. The normalized spacial score (nSPS) is 9.57. The van der Waals surface area contributed by atoms with Crippen LogP contribution in [0.4, 0.5) is 4.79 Å². The van der Waals surface area contributed by atoms with Gasteiger partial charge in [0.25, 0.3) is 0 Å². The van der Waals surface area contributed by atoms with Crippen LogP contribution in [0.25, 0.3) is 0 Å². The first-order valence-electron chi connectivity index (χ1n) is 4.42. The van der Waals surface area contributed by atoms with Crippen LogP contribution in [0.1, 0.15) is 5.56 Å². The van der Waals surface area contributed by atoms with E-state index in [1.807, 2.05) is 24.3 Å². The third kappa shape index (κ3) is 3.79. The van der Waals surface area contributed by atoms with E-state index < -0.39 is 0 Å². The summed E-state index contributed by atoms with van der Waals surface area (Å²) >= 11 is 3.40. The SMILES string of the molecule is CNC(=O)NCCc1cccc(Br)c1. The highest BCUT2D eigenvalue weighted by Gasteiger charge is 1.96. The molecule has 0 atom stereocenters. The molecule has 0 aromatic heterocycles. The monoisotopic (exact) mass is 256 g/mol. The minimum atomic E-state index is -0.139. The number of hydrogen-bond acceptors (Lipinski definition) is 1. The Morgan fingerprint density at radius 1 is 1.50 bits per heavy atom. The number of carbonyl (C=O) groups is 1. The zero-order chi connectivity index (χ0) is 10.4. The molecule has 0 saturated heterocycles. The molecular weight excluding hydrogens is 244 g/mol. The Labute approximate surface area is 92.0 Å². The molecule has 1 aromatic carbocycles. The number of urea groups is 1. The van der Waals surface area contributed by atoms with Crippen LogP contribution < -0.4 is 10.6 Å². The van der Waals surface area contributed by atoms with E-state index in [4.69, 9.17) is 0 Å². The van der Waals surface area contributed by atoms with E-state index in [1.165, 1.54) is 5.56 Å². The van der Waals surface area contributed by atoms with Crippen molar-refractivity contribution in [1.82, 2.24) is 10.6 Å². The molecule has 76 valence electrons. The zero-order valence-corrected chi connectivity index (χ0v) is 9.60. The van der Waals surface area contributed by atoms with Gasteiger partial charge in [0.15, 0.2) is 0 Å². The second-order valence-electron chi connectivity index (χ2n) is 2.89. The standard InChI is InChI=1S/C10H13BrN2O/c1-12-10(14)13-6-5-8-3-2-4-9(11)7-8/h2-4,7H,5-6H2,1H3,(H2,12,13,14). The van der Waals surface area contributed by atoms with E-state index >= 15 is 0 Å². The third-order valence-electron chi connectivity index (χ3n) is 1.82. The van der Waals surface area contributed by atoms with Gasteiger partial charge in [-0.25, -0.2) is 4.79 Å². The Hall–Kier alpha value is -1.03. The van der Waals surface area contributed by atoms with Gasteiger partial charge in [-0.3, -0.25) is 0 Å². The van der Waals surface area contributed by atoms with E-state index in [9.17, 15) is 4.79 Å². The van der Waals surface area contributed by atoms with Crippen molar-refractivity contribution in [3.8, 4) is 0 Å². The van der Waals surface area contributed by atoms with E-state index in [-0.39, 0.29) is 6.03 Å². The Kier molecular flexibility index (Phi) is 4.46. The lowest BCUT2D eigenvalue weighted by molar-refractivity contribution is 0.243. The number of halogens is 1. The largest absolute Gasteiger partial charge is 0.341 e. The first-order valence-corrected chi connectivity index (χ1v) is 5.21. The molecule has 14 heavy (non-hydrogen) atoms. The Balaban J connectivity index is 2.35. The molecule has 0 radical (unpaired) electrons. The molecule has 0 aliphatic heterocycles. The Morgan fingerprint density at radius 3 is 2.93 bits per heavy atom. The molecule has 0 aliphatic carbocycles. The summed E-state index contributed by atoms with van der Waals surface area (Å²) in [5.74, 6) is 0. The van der Waals surface area contributed by atoms with Crippen molar-refractivity contribution >= 4 is 22.0 Å². The van der Waals surface area contributed by atoms with Crippen LogP contribution in [-0.4, -0.2) is 19.6 Å². The molecule has 0 fully saturated rings. The summed E-state index contributed by atoms with van der Waals surface area (Å²) in [5.41, 5.74) is 1.20. The maximum atomic E-state index is 10.8. The molecule has 1 rings (SSSR count). The molecule has 0 spiro atoms. The lowest BCUT2D eigenvalue weighted by Gasteiger charge is -2.04. The maximum absolute atomic E-state index is 10.8. The van der Waals surface area contributed by atoms with Gasteiger partial charge in [0.05, 0.1) is 0 Å². The molecule has 3 nitrogen and oxygen atoms in total. The van der Waals surface area contributed by atoms with Gasteiger partial charge in [0.1, 0.15) is 0 Å². The lowest BCUT2D eigenvalue weighted by atomic mass is 10.1. The maximum Gasteiger partial charge on any atom is 0.314 e. The van der Waals surface area contributed by atoms with Crippen molar-refractivity contribution in [2.75, 3.05) is 13.6 Å². The van der Waals surface area contributed by atoms with Crippen LogP contribution >= 0.6 is 15.9 Å². The summed E-state index contributed by atoms with van der Waals surface area (Å²) < 4.78 is 1.06. The van der Waals surface area contributed by atoms with Gasteiger partial charge in [-0.1, -0.05) is 28.1 Å². The molecule has 2 amide bonds. The Bertz CT molecular complexity index is 315. The summed E-state index contributed by atoms with van der Waals surface area (Å²) in [4.78, 5) is 10.8. The van der Waals surface area contributed by atoms with Crippen molar-refractivity contribution in [3.05, 3.63) is 34.3 Å².